The molecule has 0 saturated carbocycles. The number of esters is 1. The Morgan fingerprint density at radius 3 is 2.41 bits per heavy atom. The lowest BCUT2D eigenvalue weighted by Gasteiger charge is -2.14. The molecule has 0 amide bonds. The van der Waals surface area contributed by atoms with Crippen molar-refractivity contribution < 1.29 is 22.1 Å². The number of halogens is 1. The van der Waals surface area contributed by atoms with Crippen LogP contribution >= 0.6 is 15.9 Å². The highest BCUT2D eigenvalue weighted by Gasteiger charge is 2.27. The fourth-order valence-electron chi connectivity index (χ4n) is 3.00. The smallest absolute Gasteiger partial charge is 0.362 e. The number of ether oxygens (including phenoxy) is 1. The molecule has 0 aliphatic carbocycles. The molecule has 0 fully saturated rings. The Kier molecular flexibility index (Phi) is 6.85. The maximum absolute atomic E-state index is 13.0. The number of carbonyl (C=O) groups is 1. The van der Waals surface area contributed by atoms with Gasteiger partial charge in [0, 0.05) is 4.47 Å². The molecule has 168 valence electrons. The zero-order valence-electron chi connectivity index (χ0n) is 17.9. The molecule has 10 heteroatoms. The van der Waals surface area contributed by atoms with Gasteiger partial charge in [-0.05, 0) is 68.7 Å². The Morgan fingerprint density at radius 2 is 1.75 bits per heavy atom. The first-order valence-corrected chi connectivity index (χ1v) is 11.8. The molecule has 3 aromatic rings. The van der Waals surface area contributed by atoms with Gasteiger partial charge in [-0.25, -0.2) is 4.79 Å². The first-order valence-electron chi connectivity index (χ1n) is 9.63. The minimum absolute atomic E-state index is 0.0268. The van der Waals surface area contributed by atoms with Gasteiger partial charge in [0.1, 0.15) is 4.90 Å². The monoisotopic (exact) mass is 520 g/mol. The first kappa shape index (κ1) is 23.7. The highest BCUT2D eigenvalue weighted by atomic mass is 79.9. The van der Waals surface area contributed by atoms with Crippen LogP contribution in [0.15, 0.2) is 56.6 Å². The van der Waals surface area contributed by atoms with Crippen molar-refractivity contribution >= 4 is 32.0 Å². The van der Waals surface area contributed by atoms with Crippen LogP contribution in [0.5, 0.6) is 5.75 Å². The van der Waals surface area contributed by atoms with Crippen LogP contribution in [0, 0.1) is 20.8 Å². The Balaban J connectivity index is 2.15. The standard InChI is InChI=1S/C22H21BrN2O6S/c1-5-30-22(27)21-18(12-20(26)25(24-21)17-8-6-7-16(23)11-17)31-32(28,29)19-10-14(3)13(2)9-15(19)4/h6-12H,5H2,1-4H3. The highest BCUT2D eigenvalue weighted by Crippen LogP contribution is 2.26. The van der Waals surface area contributed by atoms with E-state index in [1.54, 1.807) is 51.1 Å². The molecule has 0 aliphatic rings. The van der Waals surface area contributed by atoms with Gasteiger partial charge < -0.3 is 8.92 Å². The normalized spacial score (nSPS) is 11.3. The topological polar surface area (TPSA) is 105 Å². The second kappa shape index (κ2) is 9.25. The predicted molar refractivity (Wildman–Crippen MR) is 122 cm³/mol. The molecule has 0 aliphatic heterocycles. The average molecular weight is 521 g/mol. The predicted octanol–water partition coefficient (Wildman–Crippen LogP) is 3.86. The third-order valence-electron chi connectivity index (χ3n) is 4.68. The second-order valence-corrected chi connectivity index (χ2v) is 9.48. The van der Waals surface area contributed by atoms with E-state index in [0.717, 1.165) is 21.9 Å². The summed E-state index contributed by atoms with van der Waals surface area (Å²) in [4.78, 5) is 25.2. The van der Waals surface area contributed by atoms with Crippen molar-refractivity contribution in [3.63, 3.8) is 0 Å². The number of aryl methyl sites for hydroxylation is 3. The summed E-state index contributed by atoms with van der Waals surface area (Å²) >= 11 is 3.32. The second-order valence-electron chi connectivity index (χ2n) is 7.05. The molecule has 3 rings (SSSR count). The molecule has 1 aromatic heterocycles. The molecule has 32 heavy (non-hydrogen) atoms. The average Bonchev–Trinajstić information content (AvgIpc) is 2.70. The van der Waals surface area contributed by atoms with Gasteiger partial charge >= 0.3 is 16.1 Å². The number of carbonyl (C=O) groups excluding carboxylic acids is 1. The van der Waals surface area contributed by atoms with Crippen LogP contribution in [0.1, 0.15) is 34.1 Å². The van der Waals surface area contributed by atoms with Gasteiger partial charge in [0.25, 0.3) is 5.56 Å². The van der Waals surface area contributed by atoms with Crippen LogP contribution < -0.4 is 9.74 Å². The minimum atomic E-state index is -4.36. The molecular weight excluding hydrogens is 500 g/mol. The van der Waals surface area contributed by atoms with Crippen LogP contribution in [0.2, 0.25) is 0 Å². The van der Waals surface area contributed by atoms with E-state index in [2.05, 4.69) is 21.0 Å². The summed E-state index contributed by atoms with van der Waals surface area (Å²) in [7, 11) is -4.36. The lowest BCUT2D eigenvalue weighted by atomic mass is 10.1. The van der Waals surface area contributed by atoms with Crippen molar-refractivity contribution in [2.24, 2.45) is 0 Å². The molecule has 0 radical (unpaired) electrons. The van der Waals surface area contributed by atoms with Gasteiger partial charge in [-0.15, -0.1) is 0 Å². The van der Waals surface area contributed by atoms with E-state index in [-0.39, 0.29) is 11.5 Å². The van der Waals surface area contributed by atoms with Crippen LogP contribution in [0.4, 0.5) is 0 Å². The van der Waals surface area contributed by atoms with Gasteiger partial charge in [0.15, 0.2) is 5.75 Å². The summed E-state index contributed by atoms with van der Waals surface area (Å²) in [5, 5.41) is 4.05. The molecule has 2 aromatic carbocycles. The van der Waals surface area contributed by atoms with E-state index in [0.29, 0.717) is 15.7 Å². The summed E-state index contributed by atoms with van der Waals surface area (Å²) < 4.78 is 37.9. The lowest BCUT2D eigenvalue weighted by Crippen LogP contribution is -2.26. The highest BCUT2D eigenvalue weighted by molar-refractivity contribution is 9.10. The van der Waals surface area contributed by atoms with Crippen LogP contribution in [0.3, 0.4) is 0 Å². The number of nitrogens with zero attached hydrogens (tertiary/aromatic N) is 2. The Labute approximate surface area is 194 Å². The van der Waals surface area contributed by atoms with E-state index in [1.165, 1.54) is 6.07 Å². The quantitative estimate of drug-likeness (QED) is 0.358. The van der Waals surface area contributed by atoms with Crippen molar-refractivity contribution in [3.8, 4) is 11.4 Å². The van der Waals surface area contributed by atoms with Gasteiger partial charge in [-0.2, -0.15) is 18.2 Å². The summed E-state index contributed by atoms with van der Waals surface area (Å²) in [6.45, 7) is 6.90. The zero-order valence-corrected chi connectivity index (χ0v) is 20.3. The van der Waals surface area contributed by atoms with E-state index >= 15 is 0 Å². The van der Waals surface area contributed by atoms with Crippen molar-refractivity contribution in [1.82, 2.24) is 9.78 Å². The van der Waals surface area contributed by atoms with Crippen molar-refractivity contribution in [1.29, 1.82) is 0 Å². The summed E-state index contributed by atoms with van der Waals surface area (Å²) in [6.07, 6.45) is 0. The van der Waals surface area contributed by atoms with E-state index in [4.69, 9.17) is 8.92 Å². The number of rotatable bonds is 6. The van der Waals surface area contributed by atoms with Crippen molar-refractivity contribution in [3.05, 3.63) is 79.7 Å². The molecule has 0 bridgehead atoms. The molecule has 8 nitrogen and oxygen atoms in total. The Bertz CT molecular complexity index is 1370. The fraction of sp³-hybridized carbons (Fsp3) is 0.227. The molecule has 0 saturated heterocycles. The molecule has 1 heterocycles. The summed E-state index contributed by atoms with van der Waals surface area (Å²) in [5.41, 5.74) is 1.41. The number of benzene rings is 2. The lowest BCUT2D eigenvalue weighted by molar-refractivity contribution is 0.0515. The largest absolute Gasteiger partial charge is 0.461 e. The maximum Gasteiger partial charge on any atom is 0.362 e. The van der Waals surface area contributed by atoms with Crippen molar-refractivity contribution in [2.45, 2.75) is 32.6 Å². The zero-order chi connectivity index (χ0) is 23.6. The van der Waals surface area contributed by atoms with Gasteiger partial charge in [0.2, 0.25) is 5.69 Å². The minimum Gasteiger partial charge on any atom is -0.461 e. The number of hydrogen-bond donors (Lipinski definition) is 0. The van der Waals surface area contributed by atoms with Crippen LogP contribution in [0.25, 0.3) is 5.69 Å². The molecule has 0 atom stereocenters. The molecule has 0 N–H and O–H groups in total. The van der Waals surface area contributed by atoms with E-state index in [9.17, 15) is 18.0 Å². The summed E-state index contributed by atoms with van der Waals surface area (Å²) in [5.74, 6) is -1.42. The molecular formula is C22H21BrN2O6S. The number of hydrogen-bond acceptors (Lipinski definition) is 7. The Hall–Kier alpha value is -2.98. The SMILES string of the molecule is CCOC(=O)c1nn(-c2cccc(Br)c2)c(=O)cc1OS(=O)(=O)c1cc(C)c(C)cc1C. The van der Waals surface area contributed by atoms with Crippen molar-refractivity contribution in [2.75, 3.05) is 6.61 Å². The maximum atomic E-state index is 13.0. The van der Waals surface area contributed by atoms with Crippen LogP contribution in [-0.2, 0) is 14.9 Å². The third-order valence-corrected chi connectivity index (χ3v) is 6.55. The molecule has 0 unspecified atom stereocenters. The van der Waals surface area contributed by atoms with Crippen LogP contribution in [-0.4, -0.2) is 30.8 Å². The van der Waals surface area contributed by atoms with Gasteiger partial charge in [0.05, 0.1) is 18.4 Å². The number of aromatic nitrogens is 2. The third kappa shape index (κ3) is 4.91. The summed E-state index contributed by atoms with van der Waals surface area (Å²) in [6, 6.07) is 10.8. The van der Waals surface area contributed by atoms with E-state index < -0.39 is 33.1 Å². The fourth-order valence-corrected chi connectivity index (χ4v) is 4.62. The van der Waals surface area contributed by atoms with E-state index in [1.807, 2.05) is 6.92 Å². The molecule has 0 spiro atoms. The van der Waals surface area contributed by atoms with Gasteiger partial charge in [-0.1, -0.05) is 28.1 Å². The first-order chi connectivity index (χ1) is 15.0. The van der Waals surface area contributed by atoms with Gasteiger partial charge in [-0.3, -0.25) is 4.79 Å². The Morgan fingerprint density at radius 1 is 1.06 bits per heavy atom.